The van der Waals surface area contributed by atoms with Gasteiger partial charge in [-0.05, 0) is 18.2 Å². The number of hydrogen-bond acceptors (Lipinski definition) is 4. The molecule has 1 heterocycles. The maximum absolute atomic E-state index is 13.4. The first-order valence-corrected chi connectivity index (χ1v) is 5.45. The lowest BCUT2D eigenvalue weighted by molar-refractivity contribution is 0.285. The molecule has 0 aliphatic heterocycles. The Bertz CT molecular complexity index is 498. The maximum atomic E-state index is 13.4. The van der Waals surface area contributed by atoms with Crippen molar-refractivity contribution in [1.29, 1.82) is 0 Å². The standard InChI is InChI=1S/C11H10FNO2S/c1-15-10-3-2-7(4-9(10)12)11-13-5-8(6-14)16-11/h2-5,14H,6H2,1H3. The Morgan fingerprint density at radius 1 is 1.50 bits per heavy atom. The van der Waals surface area contributed by atoms with Gasteiger partial charge < -0.3 is 9.84 Å². The number of rotatable bonds is 3. The fraction of sp³-hybridized carbons (Fsp3) is 0.182. The highest BCUT2D eigenvalue weighted by Crippen LogP contribution is 2.28. The molecule has 16 heavy (non-hydrogen) atoms. The van der Waals surface area contributed by atoms with Crippen LogP contribution in [0.15, 0.2) is 24.4 Å². The van der Waals surface area contributed by atoms with Crippen LogP contribution in [0.1, 0.15) is 4.88 Å². The van der Waals surface area contributed by atoms with Crippen LogP contribution in [-0.2, 0) is 6.61 Å². The minimum absolute atomic E-state index is 0.0453. The van der Waals surface area contributed by atoms with Crippen LogP contribution in [0.2, 0.25) is 0 Å². The Hall–Kier alpha value is -1.46. The van der Waals surface area contributed by atoms with E-state index in [2.05, 4.69) is 4.98 Å². The van der Waals surface area contributed by atoms with Gasteiger partial charge in [0.25, 0.3) is 0 Å². The van der Waals surface area contributed by atoms with Crippen molar-refractivity contribution in [3.05, 3.63) is 35.1 Å². The van der Waals surface area contributed by atoms with E-state index in [1.54, 1.807) is 18.3 Å². The van der Waals surface area contributed by atoms with Gasteiger partial charge in [-0.3, -0.25) is 0 Å². The first kappa shape index (κ1) is 11.0. The van der Waals surface area contributed by atoms with Crippen molar-refractivity contribution in [2.24, 2.45) is 0 Å². The quantitative estimate of drug-likeness (QED) is 0.894. The molecule has 0 aliphatic carbocycles. The van der Waals surface area contributed by atoms with Crippen molar-refractivity contribution < 1.29 is 14.2 Å². The van der Waals surface area contributed by atoms with Crippen molar-refractivity contribution in [2.75, 3.05) is 7.11 Å². The first-order chi connectivity index (χ1) is 7.74. The summed E-state index contributed by atoms with van der Waals surface area (Å²) in [5.74, 6) is -0.205. The predicted octanol–water partition coefficient (Wildman–Crippen LogP) is 2.45. The number of halogens is 1. The second-order valence-corrected chi connectivity index (χ2v) is 4.25. The van der Waals surface area contributed by atoms with E-state index in [0.717, 1.165) is 4.88 Å². The van der Waals surface area contributed by atoms with Crippen LogP contribution in [0.25, 0.3) is 10.6 Å². The van der Waals surface area contributed by atoms with E-state index >= 15 is 0 Å². The van der Waals surface area contributed by atoms with Crippen LogP contribution in [-0.4, -0.2) is 17.2 Å². The Morgan fingerprint density at radius 3 is 2.88 bits per heavy atom. The maximum Gasteiger partial charge on any atom is 0.165 e. The molecule has 2 rings (SSSR count). The van der Waals surface area contributed by atoms with E-state index in [9.17, 15) is 4.39 Å². The summed E-state index contributed by atoms with van der Waals surface area (Å²) in [6.07, 6.45) is 1.59. The van der Waals surface area contributed by atoms with E-state index in [0.29, 0.717) is 10.6 Å². The van der Waals surface area contributed by atoms with E-state index < -0.39 is 5.82 Å². The van der Waals surface area contributed by atoms with Gasteiger partial charge in [0, 0.05) is 11.8 Å². The molecule has 0 spiro atoms. The number of nitrogens with zero attached hydrogens (tertiary/aromatic N) is 1. The van der Waals surface area contributed by atoms with Crippen LogP contribution >= 0.6 is 11.3 Å². The van der Waals surface area contributed by atoms with Crippen LogP contribution < -0.4 is 4.74 Å². The van der Waals surface area contributed by atoms with Crippen molar-refractivity contribution >= 4 is 11.3 Å². The zero-order valence-electron chi connectivity index (χ0n) is 8.61. The predicted molar refractivity (Wildman–Crippen MR) is 60.0 cm³/mol. The molecule has 2 aromatic rings. The average Bonchev–Trinajstić information content (AvgIpc) is 2.77. The van der Waals surface area contributed by atoms with Crippen LogP contribution in [0.5, 0.6) is 5.75 Å². The van der Waals surface area contributed by atoms with Gasteiger partial charge in [0.15, 0.2) is 11.6 Å². The molecule has 0 saturated heterocycles. The Morgan fingerprint density at radius 2 is 2.31 bits per heavy atom. The summed E-state index contributed by atoms with van der Waals surface area (Å²) in [7, 11) is 1.42. The van der Waals surface area contributed by atoms with Gasteiger partial charge in [-0.1, -0.05) is 0 Å². The summed E-state index contributed by atoms with van der Waals surface area (Å²) in [4.78, 5) is 4.86. The molecule has 0 saturated carbocycles. The Kier molecular flexibility index (Phi) is 3.17. The van der Waals surface area contributed by atoms with Crippen LogP contribution in [0.3, 0.4) is 0 Å². The molecular weight excluding hydrogens is 229 g/mol. The lowest BCUT2D eigenvalue weighted by atomic mass is 10.2. The molecule has 1 N–H and O–H groups in total. The third-order valence-electron chi connectivity index (χ3n) is 2.11. The number of methoxy groups -OCH3 is 1. The SMILES string of the molecule is COc1ccc(-c2ncc(CO)s2)cc1F. The van der Waals surface area contributed by atoms with Gasteiger partial charge in [0.2, 0.25) is 0 Å². The molecule has 0 aliphatic rings. The molecule has 0 atom stereocenters. The number of aliphatic hydroxyl groups excluding tert-OH is 1. The van der Waals surface area contributed by atoms with Crippen molar-refractivity contribution in [2.45, 2.75) is 6.61 Å². The second-order valence-electron chi connectivity index (χ2n) is 3.14. The molecule has 0 amide bonds. The first-order valence-electron chi connectivity index (χ1n) is 4.64. The minimum atomic E-state index is -0.416. The Balaban J connectivity index is 2.37. The smallest absolute Gasteiger partial charge is 0.165 e. The third kappa shape index (κ3) is 2.05. The molecule has 1 aromatic carbocycles. The van der Waals surface area contributed by atoms with E-state index in [4.69, 9.17) is 9.84 Å². The lowest BCUT2D eigenvalue weighted by Gasteiger charge is -2.02. The van der Waals surface area contributed by atoms with E-state index in [1.807, 2.05) is 0 Å². The lowest BCUT2D eigenvalue weighted by Crippen LogP contribution is -1.88. The molecule has 3 nitrogen and oxygen atoms in total. The van der Waals surface area contributed by atoms with Gasteiger partial charge in [0.05, 0.1) is 18.6 Å². The number of aliphatic hydroxyl groups is 1. The summed E-state index contributed by atoms with van der Waals surface area (Å²) >= 11 is 1.34. The zero-order chi connectivity index (χ0) is 11.5. The van der Waals surface area contributed by atoms with Crippen LogP contribution in [0.4, 0.5) is 4.39 Å². The molecule has 5 heteroatoms. The average molecular weight is 239 g/mol. The van der Waals surface area contributed by atoms with Crippen molar-refractivity contribution in [3.8, 4) is 16.3 Å². The summed E-state index contributed by atoms with van der Waals surface area (Å²) in [6.45, 7) is -0.0453. The summed E-state index contributed by atoms with van der Waals surface area (Å²) in [5, 5.41) is 9.60. The van der Waals surface area contributed by atoms with Crippen LogP contribution in [0, 0.1) is 5.82 Å². The molecule has 0 unspecified atom stereocenters. The van der Waals surface area contributed by atoms with Crippen molar-refractivity contribution in [3.63, 3.8) is 0 Å². The highest BCUT2D eigenvalue weighted by atomic mass is 32.1. The van der Waals surface area contributed by atoms with E-state index in [1.165, 1.54) is 24.5 Å². The fourth-order valence-electron chi connectivity index (χ4n) is 1.31. The molecule has 1 aromatic heterocycles. The third-order valence-corrected chi connectivity index (χ3v) is 3.14. The molecule has 84 valence electrons. The number of ether oxygens (including phenoxy) is 1. The van der Waals surface area contributed by atoms with Gasteiger partial charge in [-0.25, -0.2) is 9.37 Å². The second kappa shape index (κ2) is 4.59. The zero-order valence-corrected chi connectivity index (χ0v) is 9.42. The fourth-order valence-corrected chi connectivity index (χ4v) is 2.08. The number of thiazole rings is 1. The number of benzene rings is 1. The monoisotopic (exact) mass is 239 g/mol. The highest BCUT2D eigenvalue weighted by molar-refractivity contribution is 7.15. The number of aromatic nitrogens is 1. The highest BCUT2D eigenvalue weighted by Gasteiger charge is 2.08. The topological polar surface area (TPSA) is 42.4 Å². The normalized spacial score (nSPS) is 10.4. The molecular formula is C11H10FNO2S. The Labute approximate surface area is 96.2 Å². The van der Waals surface area contributed by atoms with Gasteiger partial charge >= 0.3 is 0 Å². The largest absolute Gasteiger partial charge is 0.494 e. The van der Waals surface area contributed by atoms with E-state index in [-0.39, 0.29) is 12.4 Å². The summed E-state index contributed by atoms with van der Waals surface area (Å²) < 4.78 is 18.3. The van der Waals surface area contributed by atoms with Gasteiger partial charge in [-0.15, -0.1) is 11.3 Å². The van der Waals surface area contributed by atoms with Gasteiger partial charge in [-0.2, -0.15) is 0 Å². The summed E-state index contributed by atoms with van der Waals surface area (Å²) in [6, 6.07) is 4.67. The van der Waals surface area contributed by atoms with Crippen molar-refractivity contribution in [1.82, 2.24) is 4.98 Å². The summed E-state index contributed by atoms with van der Waals surface area (Å²) in [5.41, 5.74) is 0.683. The molecule has 0 fully saturated rings. The number of hydrogen-bond donors (Lipinski definition) is 1. The van der Waals surface area contributed by atoms with Gasteiger partial charge in [0.1, 0.15) is 5.01 Å². The minimum Gasteiger partial charge on any atom is -0.494 e. The molecule has 0 bridgehead atoms. The molecule has 0 radical (unpaired) electrons.